The predicted octanol–water partition coefficient (Wildman–Crippen LogP) is 3.68. The largest absolute Gasteiger partial charge is 0.494 e. The summed E-state index contributed by atoms with van der Waals surface area (Å²) in [6, 6.07) is 4.89. The molecule has 16 heavy (non-hydrogen) atoms. The van der Waals surface area contributed by atoms with Crippen LogP contribution in [0.2, 0.25) is 0 Å². The van der Waals surface area contributed by atoms with E-state index in [1.165, 1.54) is 12.1 Å². The van der Waals surface area contributed by atoms with Gasteiger partial charge in [0, 0.05) is 12.1 Å². The second-order valence-corrected chi connectivity index (χ2v) is 4.16. The third kappa shape index (κ3) is 3.12. The molecule has 0 aromatic heterocycles. The summed E-state index contributed by atoms with van der Waals surface area (Å²) in [5.41, 5.74) is 0.844. The molecule has 1 rings (SSSR count). The molecule has 0 saturated carbocycles. The van der Waals surface area contributed by atoms with Crippen molar-refractivity contribution in [3.8, 4) is 5.75 Å². The van der Waals surface area contributed by atoms with Crippen molar-refractivity contribution >= 4 is 5.69 Å². The molecule has 90 valence electrons. The molecule has 1 N–H and O–H groups in total. The van der Waals surface area contributed by atoms with Crippen molar-refractivity contribution in [2.24, 2.45) is 5.92 Å². The first-order chi connectivity index (χ1) is 7.58. The molecule has 0 amide bonds. The van der Waals surface area contributed by atoms with E-state index in [1.54, 1.807) is 13.2 Å². The molecule has 0 bridgehead atoms. The molecular weight excluding hydrogens is 205 g/mol. The minimum atomic E-state index is -0.279. The van der Waals surface area contributed by atoms with Crippen LogP contribution in [-0.2, 0) is 0 Å². The monoisotopic (exact) mass is 225 g/mol. The Hall–Kier alpha value is -1.25. The normalized spacial score (nSPS) is 14.3. The zero-order chi connectivity index (χ0) is 12.1. The van der Waals surface area contributed by atoms with Gasteiger partial charge in [-0.1, -0.05) is 20.3 Å². The van der Waals surface area contributed by atoms with E-state index in [-0.39, 0.29) is 5.82 Å². The molecule has 1 aromatic carbocycles. The van der Waals surface area contributed by atoms with Crippen LogP contribution in [0.3, 0.4) is 0 Å². The van der Waals surface area contributed by atoms with Gasteiger partial charge in [0.2, 0.25) is 0 Å². The van der Waals surface area contributed by atoms with Gasteiger partial charge in [0.25, 0.3) is 0 Å². The highest BCUT2D eigenvalue weighted by atomic mass is 19.1. The maximum absolute atomic E-state index is 13.0. The predicted molar refractivity (Wildman–Crippen MR) is 65.5 cm³/mol. The van der Waals surface area contributed by atoms with Gasteiger partial charge in [0.05, 0.1) is 12.8 Å². The van der Waals surface area contributed by atoms with E-state index in [0.717, 1.165) is 12.1 Å². The minimum absolute atomic E-state index is 0.279. The number of hydrogen-bond acceptors (Lipinski definition) is 2. The molecule has 0 aliphatic carbocycles. The van der Waals surface area contributed by atoms with E-state index in [9.17, 15) is 4.39 Å². The maximum Gasteiger partial charge on any atom is 0.144 e. The van der Waals surface area contributed by atoms with Crippen molar-refractivity contribution in [3.05, 3.63) is 24.0 Å². The molecule has 2 atom stereocenters. The summed E-state index contributed by atoms with van der Waals surface area (Å²) in [6.45, 7) is 6.47. The lowest BCUT2D eigenvalue weighted by atomic mass is 10.0. The standard InChI is InChI=1S/C13H20FNO/c1-5-9(2)10(3)15-12-7-6-11(14)8-13(12)16-4/h6-10,15H,5H2,1-4H3. The lowest BCUT2D eigenvalue weighted by Crippen LogP contribution is -2.23. The van der Waals surface area contributed by atoms with Gasteiger partial charge in [0.1, 0.15) is 11.6 Å². The van der Waals surface area contributed by atoms with Gasteiger partial charge >= 0.3 is 0 Å². The summed E-state index contributed by atoms with van der Waals surface area (Å²) in [5, 5.41) is 3.35. The fourth-order valence-corrected chi connectivity index (χ4v) is 1.53. The van der Waals surface area contributed by atoms with Gasteiger partial charge in [0.15, 0.2) is 0 Å². The van der Waals surface area contributed by atoms with Gasteiger partial charge in [-0.05, 0) is 25.0 Å². The van der Waals surface area contributed by atoms with Crippen molar-refractivity contribution in [1.29, 1.82) is 0 Å². The first-order valence-electron chi connectivity index (χ1n) is 5.68. The van der Waals surface area contributed by atoms with Crippen molar-refractivity contribution in [2.45, 2.75) is 33.2 Å². The summed E-state index contributed by atoms with van der Waals surface area (Å²) >= 11 is 0. The van der Waals surface area contributed by atoms with Crippen LogP contribution in [0.15, 0.2) is 18.2 Å². The average molecular weight is 225 g/mol. The molecule has 2 unspecified atom stereocenters. The highest BCUT2D eigenvalue weighted by Gasteiger charge is 2.12. The van der Waals surface area contributed by atoms with Crippen LogP contribution >= 0.6 is 0 Å². The Bertz CT molecular complexity index is 341. The molecule has 0 aliphatic heterocycles. The number of halogens is 1. The third-order valence-electron chi connectivity index (χ3n) is 3.04. The van der Waals surface area contributed by atoms with Gasteiger partial charge < -0.3 is 10.1 Å². The molecule has 0 fully saturated rings. The second kappa shape index (κ2) is 5.73. The summed E-state index contributed by atoms with van der Waals surface area (Å²) in [5.74, 6) is 0.837. The lowest BCUT2D eigenvalue weighted by Gasteiger charge is -2.22. The first kappa shape index (κ1) is 12.8. The molecule has 1 aromatic rings. The molecule has 0 aliphatic rings. The zero-order valence-electron chi connectivity index (χ0n) is 10.4. The van der Waals surface area contributed by atoms with E-state index in [1.807, 2.05) is 0 Å². The Morgan fingerprint density at radius 3 is 2.62 bits per heavy atom. The smallest absolute Gasteiger partial charge is 0.144 e. The Morgan fingerprint density at radius 1 is 1.38 bits per heavy atom. The summed E-state index contributed by atoms with van der Waals surface area (Å²) in [6.07, 6.45) is 1.11. The van der Waals surface area contributed by atoms with E-state index >= 15 is 0 Å². The fraction of sp³-hybridized carbons (Fsp3) is 0.538. The Kier molecular flexibility index (Phi) is 4.59. The number of rotatable bonds is 5. The molecule has 3 heteroatoms. The molecule has 2 nitrogen and oxygen atoms in total. The molecule has 0 saturated heterocycles. The van der Waals surface area contributed by atoms with Crippen molar-refractivity contribution in [3.63, 3.8) is 0 Å². The maximum atomic E-state index is 13.0. The van der Waals surface area contributed by atoms with Crippen LogP contribution in [0, 0.1) is 11.7 Å². The van der Waals surface area contributed by atoms with E-state index in [2.05, 4.69) is 26.1 Å². The Morgan fingerprint density at radius 2 is 2.06 bits per heavy atom. The number of methoxy groups -OCH3 is 1. The average Bonchev–Trinajstić information content (AvgIpc) is 2.30. The molecule has 0 spiro atoms. The third-order valence-corrected chi connectivity index (χ3v) is 3.04. The van der Waals surface area contributed by atoms with Gasteiger partial charge in [-0.15, -0.1) is 0 Å². The van der Waals surface area contributed by atoms with Crippen molar-refractivity contribution in [2.75, 3.05) is 12.4 Å². The molecular formula is C13H20FNO. The Labute approximate surface area is 96.8 Å². The minimum Gasteiger partial charge on any atom is -0.494 e. The van der Waals surface area contributed by atoms with Gasteiger partial charge in [-0.2, -0.15) is 0 Å². The summed E-state index contributed by atoms with van der Waals surface area (Å²) in [4.78, 5) is 0. The molecule has 0 radical (unpaired) electrons. The topological polar surface area (TPSA) is 21.3 Å². The second-order valence-electron chi connectivity index (χ2n) is 4.16. The van der Waals surface area contributed by atoms with Crippen molar-refractivity contribution in [1.82, 2.24) is 0 Å². The fourth-order valence-electron chi connectivity index (χ4n) is 1.53. The number of hydrogen-bond donors (Lipinski definition) is 1. The van der Waals surface area contributed by atoms with E-state index in [0.29, 0.717) is 17.7 Å². The van der Waals surface area contributed by atoms with Crippen LogP contribution in [0.5, 0.6) is 5.75 Å². The van der Waals surface area contributed by atoms with E-state index in [4.69, 9.17) is 4.74 Å². The number of benzene rings is 1. The van der Waals surface area contributed by atoms with E-state index < -0.39 is 0 Å². The van der Waals surface area contributed by atoms with Gasteiger partial charge in [-0.25, -0.2) is 4.39 Å². The zero-order valence-corrected chi connectivity index (χ0v) is 10.4. The van der Waals surface area contributed by atoms with Crippen LogP contribution in [0.4, 0.5) is 10.1 Å². The first-order valence-corrected chi connectivity index (χ1v) is 5.68. The lowest BCUT2D eigenvalue weighted by molar-refractivity contribution is 0.411. The number of ether oxygens (including phenoxy) is 1. The number of anilines is 1. The SMILES string of the molecule is CCC(C)C(C)Nc1ccc(F)cc1OC. The summed E-state index contributed by atoms with van der Waals surface area (Å²) in [7, 11) is 1.55. The van der Waals surface area contributed by atoms with Crippen LogP contribution in [0.25, 0.3) is 0 Å². The molecule has 0 heterocycles. The summed E-state index contributed by atoms with van der Waals surface area (Å²) < 4.78 is 18.1. The van der Waals surface area contributed by atoms with Crippen LogP contribution in [-0.4, -0.2) is 13.2 Å². The van der Waals surface area contributed by atoms with Gasteiger partial charge in [-0.3, -0.25) is 0 Å². The quantitative estimate of drug-likeness (QED) is 0.825. The van der Waals surface area contributed by atoms with Crippen LogP contribution < -0.4 is 10.1 Å². The highest BCUT2D eigenvalue weighted by Crippen LogP contribution is 2.26. The highest BCUT2D eigenvalue weighted by molar-refractivity contribution is 5.56. The van der Waals surface area contributed by atoms with Crippen molar-refractivity contribution < 1.29 is 9.13 Å². The van der Waals surface area contributed by atoms with Crippen LogP contribution in [0.1, 0.15) is 27.2 Å². The number of nitrogens with one attached hydrogen (secondary N) is 1. The Balaban J connectivity index is 2.80.